The van der Waals surface area contributed by atoms with Crippen molar-refractivity contribution in [2.45, 2.75) is 25.3 Å². The van der Waals surface area contributed by atoms with E-state index in [1.165, 1.54) is 12.1 Å². The lowest BCUT2D eigenvalue weighted by molar-refractivity contribution is 0.428. The second-order valence-corrected chi connectivity index (χ2v) is 3.58. The van der Waals surface area contributed by atoms with Crippen molar-refractivity contribution in [1.29, 1.82) is 0 Å². The van der Waals surface area contributed by atoms with E-state index < -0.39 is 5.82 Å². The maximum Gasteiger partial charge on any atom is 0.165 e. The first kappa shape index (κ1) is 8.51. The molecule has 0 radical (unpaired) electrons. The van der Waals surface area contributed by atoms with E-state index in [0.29, 0.717) is 0 Å². The molecule has 0 aliphatic heterocycles. The molecule has 1 aromatic carbocycles. The number of phenolic OH excluding ortho intramolecular Hbond substituents is 1. The van der Waals surface area contributed by atoms with Crippen LogP contribution in [0.3, 0.4) is 0 Å². The Morgan fingerprint density at radius 2 is 2.15 bits per heavy atom. The highest BCUT2D eigenvalue weighted by molar-refractivity contribution is 5.38. The van der Waals surface area contributed by atoms with E-state index >= 15 is 0 Å². The minimum Gasteiger partial charge on any atom is -0.505 e. The highest BCUT2D eigenvalue weighted by Crippen LogP contribution is 2.26. The van der Waals surface area contributed by atoms with Gasteiger partial charge in [0.1, 0.15) is 0 Å². The second kappa shape index (κ2) is 3.00. The smallest absolute Gasteiger partial charge is 0.165 e. The summed E-state index contributed by atoms with van der Waals surface area (Å²) in [6.07, 6.45) is 2.45. The summed E-state index contributed by atoms with van der Waals surface area (Å²) in [6, 6.07) is 3.05. The molecule has 13 heavy (non-hydrogen) atoms. The predicted molar refractivity (Wildman–Crippen MR) is 48.1 cm³/mol. The van der Waals surface area contributed by atoms with Crippen molar-refractivity contribution in [2.24, 2.45) is 5.73 Å². The number of benzene rings is 1. The number of aromatic hydroxyl groups is 1. The molecule has 1 aliphatic carbocycles. The lowest BCUT2D eigenvalue weighted by atomic mass is 9.88. The monoisotopic (exact) mass is 181 g/mol. The van der Waals surface area contributed by atoms with E-state index in [1.54, 1.807) is 0 Å². The van der Waals surface area contributed by atoms with Gasteiger partial charge in [-0.25, -0.2) is 4.39 Å². The quantitative estimate of drug-likeness (QED) is 0.634. The van der Waals surface area contributed by atoms with Crippen LogP contribution in [-0.4, -0.2) is 11.1 Å². The van der Waals surface area contributed by atoms with E-state index in [9.17, 15) is 4.39 Å². The zero-order valence-electron chi connectivity index (χ0n) is 7.26. The molecular formula is C10H12FNO. The fourth-order valence-electron chi connectivity index (χ4n) is 1.79. The first-order valence-corrected chi connectivity index (χ1v) is 4.42. The van der Waals surface area contributed by atoms with Crippen molar-refractivity contribution in [3.8, 4) is 5.75 Å². The largest absolute Gasteiger partial charge is 0.505 e. The van der Waals surface area contributed by atoms with Crippen LogP contribution in [-0.2, 0) is 12.8 Å². The third kappa shape index (κ3) is 1.52. The fraction of sp³-hybridized carbons (Fsp3) is 0.400. The molecule has 0 bridgehead atoms. The molecule has 0 aromatic heterocycles. The molecule has 3 heteroatoms. The van der Waals surface area contributed by atoms with Gasteiger partial charge >= 0.3 is 0 Å². The molecule has 3 N–H and O–H groups in total. The molecular weight excluding hydrogens is 169 g/mol. The first-order chi connectivity index (χ1) is 6.16. The van der Waals surface area contributed by atoms with Gasteiger partial charge in [0.05, 0.1) is 0 Å². The first-order valence-electron chi connectivity index (χ1n) is 4.42. The molecule has 0 saturated heterocycles. The molecule has 1 aliphatic rings. The van der Waals surface area contributed by atoms with Crippen molar-refractivity contribution >= 4 is 0 Å². The lowest BCUT2D eigenvalue weighted by Gasteiger charge is -2.21. The molecule has 0 unspecified atom stereocenters. The molecule has 0 amide bonds. The number of fused-ring (bicyclic) bond motifs is 1. The third-order valence-corrected chi connectivity index (χ3v) is 2.54. The Bertz CT molecular complexity index is 338. The number of nitrogens with two attached hydrogens (primary N) is 1. The SMILES string of the molecule is N[C@H]1CCc2cc(F)c(O)cc2C1. The zero-order chi connectivity index (χ0) is 9.42. The van der Waals surface area contributed by atoms with E-state index in [2.05, 4.69) is 0 Å². The molecule has 1 atom stereocenters. The van der Waals surface area contributed by atoms with E-state index in [4.69, 9.17) is 10.8 Å². The van der Waals surface area contributed by atoms with Crippen LogP contribution in [0.5, 0.6) is 5.75 Å². The Labute approximate surface area is 76.2 Å². The van der Waals surface area contributed by atoms with Crippen LogP contribution in [0.1, 0.15) is 17.5 Å². The van der Waals surface area contributed by atoms with Gasteiger partial charge in [-0.05, 0) is 42.5 Å². The van der Waals surface area contributed by atoms with E-state index in [0.717, 1.165) is 30.4 Å². The maximum absolute atomic E-state index is 12.9. The standard InChI is InChI=1S/C10H12FNO/c11-9-4-6-1-2-8(12)3-7(6)5-10(9)13/h4-5,8,13H,1-3,12H2/t8-/m0/s1. The summed E-state index contributed by atoms with van der Waals surface area (Å²) in [5.74, 6) is -0.804. The number of halogens is 1. The Morgan fingerprint density at radius 1 is 1.38 bits per heavy atom. The Morgan fingerprint density at radius 3 is 2.92 bits per heavy atom. The van der Waals surface area contributed by atoms with Gasteiger partial charge in [0.2, 0.25) is 0 Å². The highest BCUT2D eigenvalue weighted by Gasteiger charge is 2.17. The van der Waals surface area contributed by atoms with Gasteiger partial charge in [-0.1, -0.05) is 0 Å². The summed E-state index contributed by atoms with van der Waals surface area (Å²) >= 11 is 0. The lowest BCUT2D eigenvalue weighted by Crippen LogP contribution is -2.27. The number of phenols is 1. The van der Waals surface area contributed by atoms with Gasteiger partial charge in [-0.2, -0.15) is 0 Å². The number of hydrogen-bond acceptors (Lipinski definition) is 2. The molecule has 0 fully saturated rings. The molecule has 1 aromatic rings. The fourth-order valence-corrected chi connectivity index (χ4v) is 1.79. The Balaban J connectivity index is 2.43. The van der Waals surface area contributed by atoms with Gasteiger partial charge in [0.15, 0.2) is 11.6 Å². The second-order valence-electron chi connectivity index (χ2n) is 3.58. The highest BCUT2D eigenvalue weighted by atomic mass is 19.1. The summed E-state index contributed by atoms with van der Waals surface area (Å²) in [5, 5.41) is 9.15. The number of aryl methyl sites for hydroxylation is 1. The average molecular weight is 181 g/mol. The van der Waals surface area contributed by atoms with Crippen LogP contribution in [0.4, 0.5) is 4.39 Å². The van der Waals surface area contributed by atoms with Crippen LogP contribution >= 0.6 is 0 Å². The topological polar surface area (TPSA) is 46.2 Å². The third-order valence-electron chi connectivity index (χ3n) is 2.54. The summed E-state index contributed by atoms with van der Waals surface area (Å²) < 4.78 is 12.9. The van der Waals surface area contributed by atoms with Gasteiger partial charge < -0.3 is 10.8 Å². The van der Waals surface area contributed by atoms with Gasteiger partial charge in [0, 0.05) is 6.04 Å². The van der Waals surface area contributed by atoms with Crippen molar-refractivity contribution in [3.05, 3.63) is 29.1 Å². The minimum absolute atomic E-state index is 0.150. The van der Waals surface area contributed by atoms with Crippen LogP contribution in [0.2, 0.25) is 0 Å². The zero-order valence-corrected chi connectivity index (χ0v) is 7.26. The van der Waals surface area contributed by atoms with Gasteiger partial charge in [-0.15, -0.1) is 0 Å². The van der Waals surface area contributed by atoms with Gasteiger partial charge in [0.25, 0.3) is 0 Å². The Kier molecular flexibility index (Phi) is 1.96. The summed E-state index contributed by atoms with van der Waals surface area (Å²) in [4.78, 5) is 0. The minimum atomic E-state index is -0.533. The van der Waals surface area contributed by atoms with Crippen LogP contribution in [0.25, 0.3) is 0 Å². The van der Waals surface area contributed by atoms with E-state index in [1.807, 2.05) is 0 Å². The molecule has 2 nitrogen and oxygen atoms in total. The van der Waals surface area contributed by atoms with Crippen LogP contribution in [0.15, 0.2) is 12.1 Å². The Hall–Kier alpha value is -1.09. The summed E-state index contributed by atoms with van der Waals surface area (Å²) in [7, 11) is 0. The van der Waals surface area contributed by atoms with Crippen molar-refractivity contribution < 1.29 is 9.50 Å². The molecule has 70 valence electrons. The number of hydrogen-bond donors (Lipinski definition) is 2. The molecule has 0 spiro atoms. The summed E-state index contributed by atoms with van der Waals surface area (Å²) in [5.41, 5.74) is 7.73. The van der Waals surface area contributed by atoms with E-state index in [-0.39, 0.29) is 11.8 Å². The average Bonchev–Trinajstić information content (AvgIpc) is 2.08. The predicted octanol–water partition coefficient (Wildman–Crippen LogP) is 1.35. The summed E-state index contributed by atoms with van der Waals surface area (Å²) in [6.45, 7) is 0. The van der Waals surface area contributed by atoms with Crippen molar-refractivity contribution in [2.75, 3.05) is 0 Å². The molecule has 2 rings (SSSR count). The molecule has 0 saturated carbocycles. The van der Waals surface area contributed by atoms with Gasteiger partial charge in [-0.3, -0.25) is 0 Å². The normalized spacial score (nSPS) is 21.2. The van der Waals surface area contributed by atoms with Crippen LogP contribution in [0, 0.1) is 5.82 Å². The number of rotatable bonds is 0. The van der Waals surface area contributed by atoms with Crippen molar-refractivity contribution in [3.63, 3.8) is 0 Å². The van der Waals surface area contributed by atoms with Crippen LogP contribution < -0.4 is 5.73 Å². The van der Waals surface area contributed by atoms with Crippen molar-refractivity contribution in [1.82, 2.24) is 0 Å². The maximum atomic E-state index is 12.9. The molecule has 0 heterocycles.